The summed E-state index contributed by atoms with van der Waals surface area (Å²) >= 11 is 0. The lowest BCUT2D eigenvalue weighted by Gasteiger charge is -2.17. The van der Waals surface area contributed by atoms with E-state index in [4.69, 9.17) is 15.4 Å². The first kappa shape index (κ1) is 21.2. The number of amides is 1. The lowest BCUT2D eigenvalue weighted by atomic mass is 10.0. The van der Waals surface area contributed by atoms with Crippen molar-refractivity contribution >= 4 is 12.0 Å². The third-order valence-corrected chi connectivity index (χ3v) is 3.98. The molecule has 148 valence electrons. The molecule has 0 aliphatic heterocycles. The van der Waals surface area contributed by atoms with E-state index >= 15 is 0 Å². The summed E-state index contributed by atoms with van der Waals surface area (Å²) in [6.07, 6.45) is 5.74. The largest absolute Gasteiger partial charge is 0.496 e. The van der Waals surface area contributed by atoms with Crippen LogP contribution in [0.2, 0.25) is 0 Å². The molecule has 0 saturated carbocycles. The molecule has 0 heterocycles. The average molecular weight is 382 g/mol. The molecule has 6 heteroatoms. The number of hydrogen-bond donors (Lipinski definition) is 2. The molecule has 0 aliphatic carbocycles. The zero-order valence-electron chi connectivity index (χ0n) is 16.4. The Morgan fingerprint density at radius 2 is 1.89 bits per heavy atom. The maximum atomic E-state index is 11.7. The van der Waals surface area contributed by atoms with Crippen LogP contribution in [-0.2, 0) is 22.8 Å². The highest BCUT2D eigenvalue weighted by Gasteiger charge is 2.14. The number of benzene rings is 2. The number of carbonyl (C=O) groups excluding carboxylic acids is 1. The highest BCUT2D eigenvalue weighted by molar-refractivity contribution is 5.91. The van der Waals surface area contributed by atoms with Crippen LogP contribution < -0.4 is 20.9 Å². The number of hydrogen-bond acceptors (Lipinski definition) is 5. The number of ether oxygens (including phenoxy) is 2. The zero-order chi connectivity index (χ0) is 20.4. The maximum absolute atomic E-state index is 11.7. The minimum atomic E-state index is -0.474. The van der Waals surface area contributed by atoms with Crippen molar-refractivity contribution in [2.75, 3.05) is 7.11 Å². The van der Waals surface area contributed by atoms with Crippen molar-refractivity contribution < 1.29 is 19.2 Å². The Balaban J connectivity index is 2.42. The molecule has 0 unspecified atom stereocenters. The van der Waals surface area contributed by atoms with Gasteiger partial charge in [0.05, 0.1) is 7.11 Å². The molecule has 0 aromatic heterocycles. The summed E-state index contributed by atoms with van der Waals surface area (Å²) in [5.41, 5.74) is 5.95. The Morgan fingerprint density at radius 3 is 2.54 bits per heavy atom. The van der Waals surface area contributed by atoms with Gasteiger partial charge in [0.15, 0.2) is 0 Å². The van der Waals surface area contributed by atoms with E-state index in [0.29, 0.717) is 18.8 Å². The van der Waals surface area contributed by atoms with Crippen molar-refractivity contribution in [3.05, 3.63) is 76.9 Å². The summed E-state index contributed by atoms with van der Waals surface area (Å²) in [5.74, 6) is 5.78. The SMILES string of the molecule is COc1ccc(/C=C\C(=O)NON)c(OCc2ccccc2)c1CC=C(C)C. The molecule has 28 heavy (non-hydrogen) atoms. The Kier molecular flexibility index (Phi) is 8.27. The van der Waals surface area contributed by atoms with E-state index in [1.807, 2.05) is 61.8 Å². The molecule has 2 aromatic rings. The van der Waals surface area contributed by atoms with Gasteiger partial charge in [-0.15, -0.1) is 0 Å². The van der Waals surface area contributed by atoms with Gasteiger partial charge in [0.2, 0.25) is 0 Å². The molecule has 0 fully saturated rings. The van der Waals surface area contributed by atoms with E-state index in [0.717, 1.165) is 22.4 Å². The topological polar surface area (TPSA) is 82.8 Å². The van der Waals surface area contributed by atoms with Gasteiger partial charge in [0, 0.05) is 17.2 Å². The first-order valence-electron chi connectivity index (χ1n) is 8.89. The summed E-state index contributed by atoms with van der Waals surface area (Å²) in [4.78, 5) is 15.8. The van der Waals surface area contributed by atoms with Crippen LogP contribution in [0.5, 0.6) is 11.5 Å². The van der Waals surface area contributed by atoms with Gasteiger partial charge in [0.25, 0.3) is 5.91 Å². The quantitative estimate of drug-likeness (QED) is 0.392. The van der Waals surface area contributed by atoms with Crippen LogP contribution in [0.3, 0.4) is 0 Å². The summed E-state index contributed by atoms with van der Waals surface area (Å²) in [5, 5.41) is 0. The first-order chi connectivity index (χ1) is 13.5. The van der Waals surface area contributed by atoms with Gasteiger partial charge in [-0.1, -0.05) is 42.0 Å². The zero-order valence-corrected chi connectivity index (χ0v) is 16.4. The number of nitrogens with two attached hydrogens (primary N) is 1. The van der Waals surface area contributed by atoms with Crippen LogP contribution >= 0.6 is 0 Å². The molecule has 6 nitrogen and oxygen atoms in total. The van der Waals surface area contributed by atoms with Crippen LogP contribution in [0, 0.1) is 0 Å². The molecule has 2 aromatic carbocycles. The molecule has 2 rings (SSSR count). The molecule has 0 atom stereocenters. The van der Waals surface area contributed by atoms with Gasteiger partial charge in [0.1, 0.15) is 18.1 Å². The standard InChI is InChI=1S/C22H26N2O4/c1-16(2)9-12-19-20(26-3)13-10-18(11-14-21(25)24-28-23)22(19)27-15-17-7-5-4-6-8-17/h4-11,13-14H,12,15,23H2,1-3H3,(H,24,25)/b14-11-. The van der Waals surface area contributed by atoms with Gasteiger partial charge >= 0.3 is 0 Å². The van der Waals surface area contributed by atoms with Crippen LogP contribution in [0.4, 0.5) is 0 Å². The van der Waals surface area contributed by atoms with Gasteiger partial charge in [-0.05, 0) is 44.0 Å². The van der Waals surface area contributed by atoms with E-state index in [2.05, 4.69) is 11.0 Å². The molecule has 0 aliphatic rings. The number of hydroxylamine groups is 1. The number of nitrogens with one attached hydrogen (secondary N) is 1. The van der Waals surface area contributed by atoms with E-state index < -0.39 is 5.91 Å². The van der Waals surface area contributed by atoms with Crippen molar-refractivity contribution in [1.29, 1.82) is 0 Å². The van der Waals surface area contributed by atoms with Crippen LogP contribution in [0.15, 0.2) is 60.2 Å². The van der Waals surface area contributed by atoms with Gasteiger partial charge < -0.3 is 9.47 Å². The Labute approximate surface area is 165 Å². The van der Waals surface area contributed by atoms with E-state index in [-0.39, 0.29) is 0 Å². The van der Waals surface area contributed by atoms with Crippen LogP contribution in [0.1, 0.15) is 30.5 Å². The number of methoxy groups -OCH3 is 1. The van der Waals surface area contributed by atoms with E-state index in [1.165, 1.54) is 11.6 Å². The van der Waals surface area contributed by atoms with Crippen molar-refractivity contribution in [3.63, 3.8) is 0 Å². The fraction of sp³-hybridized carbons (Fsp3) is 0.227. The summed E-state index contributed by atoms with van der Waals surface area (Å²) in [6.45, 7) is 4.48. The van der Waals surface area contributed by atoms with Crippen LogP contribution in [-0.4, -0.2) is 13.0 Å². The van der Waals surface area contributed by atoms with Crippen molar-refractivity contribution in [2.45, 2.75) is 26.9 Å². The normalized spacial score (nSPS) is 10.6. The predicted molar refractivity (Wildman–Crippen MR) is 109 cm³/mol. The molecule has 0 spiro atoms. The summed E-state index contributed by atoms with van der Waals surface area (Å²) in [7, 11) is 1.63. The smallest absolute Gasteiger partial charge is 0.269 e. The molecule has 0 radical (unpaired) electrons. The fourth-order valence-electron chi connectivity index (χ4n) is 2.61. The second-order valence-electron chi connectivity index (χ2n) is 6.34. The molecular formula is C22H26N2O4. The second kappa shape index (κ2) is 10.9. The highest BCUT2D eigenvalue weighted by Crippen LogP contribution is 2.35. The van der Waals surface area contributed by atoms with Gasteiger partial charge in [-0.3, -0.25) is 4.79 Å². The molecular weight excluding hydrogens is 356 g/mol. The Bertz CT molecular complexity index is 841. The Hall–Kier alpha value is -3.09. The van der Waals surface area contributed by atoms with E-state index in [1.54, 1.807) is 13.2 Å². The van der Waals surface area contributed by atoms with Crippen molar-refractivity contribution in [3.8, 4) is 11.5 Å². The van der Waals surface area contributed by atoms with Crippen molar-refractivity contribution in [1.82, 2.24) is 5.48 Å². The highest BCUT2D eigenvalue weighted by atomic mass is 16.8. The lowest BCUT2D eigenvalue weighted by Crippen LogP contribution is -2.24. The monoisotopic (exact) mass is 382 g/mol. The first-order valence-corrected chi connectivity index (χ1v) is 8.89. The van der Waals surface area contributed by atoms with Gasteiger partial charge in [-0.2, -0.15) is 10.8 Å². The molecule has 3 N–H and O–H groups in total. The third-order valence-electron chi connectivity index (χ3n) is 3.98. The minimum absolute atomic E-state index is 0.398. The number of allylic oxidation sites excluding steroid dienone is 2. The average Bonchev–Trinajstić information content (AvgIpc) is 2.70. The van der Waals surface area contributed by atoms with Gasteiger partial charge in [-0.25, -0.2) is 5.48 Å². The maximum Gasteiger partial charge on any atom is 0.269 e. The second-order valence-corrected chi connectivity index (χ2v) is 6.34. The molecule has 0 bridgehead atoms. The predicted octanol–water partition coefficient (Wildman–Crippen LogP) is 3.72. The molecule has 1 amide bonds. The summed E-state index contributed by atoms with van der Waals surface area (Å²) in [6, 6.07) is 13.6. The van der Waals surface area contributed by atoms with Crippen LogP contribution in [0.25, 0.3) is 6.08 Å². The minimum Gasteiger partial charge on any atom is -0.496 e. The van der Waals surface area contributed by atoms with Crippen molar-refractivity contribution in [2.24, 2.45) is 5.90 Å². The lowest BCUT2D eigenvalue weighted by molar-refractivity contribution is -0.128. The number of rotatable bonds is 9. The fourth-order valence-corrected chi connectivity index (χ4v) is 2.61. The number of carbonyl (C=O) groups is 1. The van der Waals surface area contributed by atoms with E-state index in [9.17, 15) is 4.79 Å². The molecule has 0 saturated heterocycles. The Morgan fingerprint density at radius 1 is 1.14 bits per heavy atom. The third kappa shape index (κ3) is 6.26. The summed E-state index contributed by atoms with van der Waals surface area (Å²) < 4.78 is 11.7.